The molecule has 1 aromatic rings. The molecule has 2 fully saturated rings. The van der Waals surface area contributed by atoms with Crippen molar-refractivity contribution in [1.82, 2.24) is 15.1 Å². The SMILES string of the molecule is CC(C)(C(=O)NCC1CCCN(Cc2ccsc2)C1)N1CCOCC1. The Kier molecular flexibility index (Phi) is 6.49. The van der Waals surface area contributed by atoms with Crippen molar-refractivity contribution < 1.29 is 9.53 Å². The molecule has 3 rings (SSSR count). The molecule has 140 valence electrons. The van der Waals surface area contributed by atoms with E-state index in [1.165, 1.54) is 24.9 Å². The highest BCUT2D eigenvalue weighted by Gasteiger charge is 2.35. The van der Waals surface area contributed by atoms with Crippen LogP contribution in [0.15, 0.2) is 16.8 Å². The Bertz CT molecular complexity index is 541. The van der Waals surface area contributed by atoms with Gasteiger partial charge in [0.25, 0.3) is 0 Å². The first-order valence-electron chi connectivity index (χ1n) is 9.40. The third kappa shape index (κ3) is 5.03. The van der Waals surface area contributed by atoms with Crippen LogP contribution in [0, 0.1) is 5.92 Å². The number of hydrogen-bond acceptors (Lipinski definition) is 5. The maximum atomic E-state index is 12.7. The van der Waals surface area contributed by atoms with Crippen molar-refractivity contribution in [2.45, 2.75) is 38.8 Å². The minimum absolute atomic E-state index is 0.143. The number of piperidine rings is 1. The Morgan fingerprint density at radius 2 is 2.16 bits per heavy atom. The first-order chi connectivity index (χ1) is 12.1. The number of carbonyl (C=O) groups is 1. The van der Waals surface area contributed by atoms with Gasteiger partial charge in [0.15, 0.2) is 0 Å². The number of morpholine rings is 1. The summed E-state index contributed by atoms with van der Waals surface area (Å²) in [6, 6.07) is 2.21. The molecule has 0 radical (unpaired) electrons. The lowest BCUT2D eigenvalue weighted by atomic mass is 9.96. The summed E-state index contributed by atoms with van der Waals surface area (Å²) in [6.45, 7) is 11.2. The second kappa shape index (κ2) is 8.62. The topological polar surface area (TPSA) is 44.8 Å². The summed E-state index contributed by atoms with van der Waals surface area (Å²) in [7, 11) is 0. The largest absolute Gasteiger partial charge is 0.379 e. The van der Waals surface area contributed by atoms with Crippen molar-refractivity contribution in [3.8, 4) is 0 Å². The van der Waals surface area contributed by atoms with Gasteiger partial charge in [-0.25, -0.2) is 0 Å². The standard InChI is InChI=1S/C19H31N3O2S/c1-19(2,22-7-9-24-10-8-22)18(23)20-12-16-4-3-6-21(13-16)14-17-5-11-25-15-17/h5,11,15-16H,3-4,6-10,12-14H2,1-2H3,(H,20,23). The Balaban J connectivity index is 1.46. The van der Waals surface area contributed by atoms with E-state index in [1.807, 2.05) is 13.8 Å². The summed E-state index contributed by atoms with van der Waals surface area (Å²) in [5.74, 6) is 0.696. The van der Waals surface area contributed by atoms with E-state index in [9.17, 15) is 4.79 Å². The van der Waals surface area contributed by atoms with Crippen LogP contribution in [0.25, 0.3) is 0 Å². The maximum absolute atomic E-state index is 12.7. The van der Waals surface area contributed by atoms with Gasteiger partial charge in [-0.15, -0.1) is 0 Å². The molecule has 25 heavy (non-hydrogen) atoms. The minimum atomic E-state index is -0.463. The van der Waals surface area contributed by atoms with E-state index in [-0.39, 0.29) is 5.91 Å². The van der Waals surface area contributed by atoms with Crippen LogP contribution in [0.3, 0.4) is 0 Å². The Hall–Kier alpha value is -0.950. The van der Waals surface area contributed by atoms with E-state index in [0.717, 1.165) is 45.9 Å². The zero-order valence-corrected chi connectivity index (χ0v) is 16.3. The third-order valence-electron chi connectivity index (χ3n) is 5.50. The van der Waals surface area contributed by atoms with Gasteiger partial charge in [-0.2, -0.15) is 11.3 Å². The molecular weight excluding hydrogens is 334 g/mol. The molecule has 5 nitrogen and oxygen atoms in total. The normalized spacial score (nSPS) is 23.5. The van der Waals surface area contributed by atoms with Crippen molar-refractivity contribution in [1.29, 1.82) is 0 Å². The van der Waals surface area contributed by atoms with Crippen LogP contribution in [0.2, 0.25) is 0 Å². The molecule has 1 aromatic heterocycles. The van der Waals surface area contributed by atoms with Gasteiger partial charge in [0.1, 0.15) is 0 Å². The molecule has 3 heterocycles. The van der Waals surface area contributed by atoms with Crippen molar-refractivity contribution >= 4 is 17.2 Å². The molecule has 6 heteroatoms. The number of nitrogens with one attached hydrogen (secondary N) is 1. The fourth-order valence-corrected chi connectivity index (χ4v) is 4.48. The van der Waals surface area contributed by atoms with Crippen LogP contribution in [-0.4, -0.2) is 67.2 Å². The van der Waals surface area contributed by atoms with E-state index in [4.69, 9.17) is 4.74 Å². The van der Waals surface area contributed by atoms with E-state index >= 15 is 0 Å². The predicted molar refractivity (Wildman–Crippen MR) is 102 cm³/mol. The average Bonchev–Trinajstić information content (AvgIpc) is 3.13. The summed E-state index contributed by atoms with van der Waals surface area (Å²) in [4.78, 5) is 17.5. The Morgan fingerprint density at radius 3 is 2.88 bits per heavy atom. The number of carbonyl (C=O) groups excluding carboxylic acids is 1. The number of nitrogens with zero attached hydrogens (tertiary/aromatic N) is 2. The summed E-state index contributed by atoms with van der Waals surface area (Å²) in [5, 5.41) is 7.60. The molecule has 1 unspecified atom stereocenters. The van der Waals surface area contributed by atoms with Crippen molar-refractivity contribution in [3.63, 3.8) is 0 Å². The molecule has 1 N–H and O–H groups in total. The number of thiophene rings is 1. The van der Waals surface area contributed by atoms with E-state index in [2.05, 4.69) is 31.9 Å². The molecule has 0 aromatic carbocycles. The van der Waals surface area contributed by atoms with Crippen LogP contribution in [0.1, 0.15) is 32.3 Å². The second-order valence-corrected chi connectivity index (χ2v) is 8.52. The fraction of sp³-hybridized carbons (Fsp3) is 0.737. The Morgan fingerprint density at radius 1 is 1.36 bits per heavy atom. The molecule has 2 aliphatic rings. The Labute approximate surface area is 155 Å². The number of amides is 1. The van der Waals surface area contributed by atoms with Gasteiger partial charge in [-0.1, -0.05) is 0 Å². The van der Waals surface area contributed by atoms with E-state index < -0.39 is 5.54 Å². The molecule has 2 aliphatic heterocycles. The molecule has 0 spiro atoms. The van der Waals surface area contributed by atoms with Gasteiger partial charge >= 0.3 is 0 Å². The number of likely N-dealkylation sites (tertiary alicyclic amines) is 1. The predicted octanol–water partition coefficient (Wildman–Crippen LogP) is 2.19. The van der Waals surface area contributed by atoms with Crippen LogP contribution in [0.4, 0.5) is 0 Å². The number of ether oxygens (including phenoxy) is 1. The molecule has 0 saturated carbocycles. The van der Waals surface area contributed by atoms with E-state index in [1.54, 1.807) is 11.3 Å². The molecule has 0 bridgehead atoms. The highest BCUT2D eigenvalue weighted by Crippen LogP contribution is 2.20. The average molecular weight is 366 g/mol. The van der Waals surface area contributed by atoms with Gasteiger partial charge in [0, 0.05) is 32.7 Å². The van der Waals surface area contributed by atoms with Gasteiger partial charge in [0.05, 0.1) is 18.8 Å². The summed E-state index contributed by atoms with van der Waals surface area (Å²) >= 11 is 1.76. The van der Waals surface area contributed by atoms with Crippen LogP contribution in [-0.2, 0) is 16.1 Å². The monoisotopic (exact) mass is 365 g/mol. The van der Waals surface area contributed by atoms with Crippen LogP contribution >= 0.6 is 11.3 Å². The third-order valence-corrected chi connectivity index (χ3v) is 6.23. The first-order valence-corrected chi connectivity index (χ1v) is 10.3. The zero-order valence-electron chi connectivity index (χ0n) is 15.5. The zero-order chi connectivity index (χ0) is 17.7. The van der Waals surface area contributed by atoms with Gasteiger partial charge < -0.3 is 10.1 Å². The maximum Gasteiger partial charge on any atom is 0.239 e. The first kappa shape index (κ1) is 18.8. The van der Waals surface area contributed by atoms with Crippen molar-refractivity contribution in [3.05, 3.63) is 22.4 Å². The van der Waals surface area contributed by atoms with Gasteiger partial charge in [0.2, 0.25) is 5.91 Å². The lowest BCUT2D eigenvalue weighted by molar-refractivity contribution is -0.134. The molecule has 1 amide bonds. The highest BCUT2D eigenvalue weighted by molar-refractivity contribution is 7.07. The molecule has 1 atom stereocenters. The number of hydrogen-bond donors (Lipinski definition) is 1. The summed E-state index contributed by atoms with van der Waals surface area (Å²) < 4.78 is 5.41. The van der Waals surface area contributed by atoms with Crippen LogP contribution in [0.5, 0.6) is 0 Å². The number of rotatable bonds is 6. The molecule has 0 aliphatic carbocycles. The van der Waals surface area contributed by atoms with Crippen LogP contribution < -0.4 is 5.32 Å². The van der Waals surface area contributed by atoms with Crippen molar-refractivity contribution in [2.75, 3.05) is 45.9 Å². The summed E-state index contributed by atoms with van der Waals surface area (Å²) in [5.41, 5.74) is 0.942. The van der Waals surface area contributed by atoms with Gasteiger partial charge in [-0.05, 0) is 61.5 Å². The van der Waals surface area contributed by atoms with Gasteiger partial charge in [-0.3, -0.25) is 14.6 Å². The quantitative estimate of drug-likeness (QED) is 0.839. The molecular formula is C19H31N3O2S. The summed E-state index contributed by atoms with van der Waals surface area (Å²) in [6.07, 6.45) is 2.43. The lowest BCUT2D eigenvalue weighted by Crippen LogP contribution is -2.58. The van der Waals surface area contributed by atoms with E-state index in [0.29, 0.717) is 5.92 Å². The second-order valence-electron chi connectivity index (χ2n) is 7.74. The smallest absolute Gasteiger partial charge is 0.239 e. The fourth-order valence-electron chi connectivity index (χ4n) is 3.82. The molecule has 2 saturated heterocycles. The highest BCUT2D eigenvalue weighted by atomic mass is 32.1. The van der Waals surface area contributed by atoms with Crippen molar-refractivity contribution in [2.24, 2.45) is 5.92 Å². The minimum Gasteiger partial charge on any atom is -0.379 e. The lowest BCUT2D eigenvalue weighted by Gasteiger charge is -2.40.